The molecule has 3 aromatic rings. The fraction of sp³-hybridized carbons (Fsp3) is 0.400. The largest absolute Gasteiger partial charge is 0.494 e. The molecule has 0 fully saturated rings. The third-order valence-corrected chi connectivity index (χ3v) is 6.65. The fourth-order valence-corrected chi connectivity index (χ4v) is 5.54. The summed E-state index contributed by atoms with van der Waals surface area (Å²) in [5.74, 6) is 1.67. The Hall–Kier alpha value is -1.83. The number of hydrogen-bond donors (Lipinski definition) is 0. The van der Waals surface area contributed by atoms with E-state index in [2.05, 4.69) is 18.9 Å². The molecule has 3 heterocycles. The number of hydrogen-bond acceptors (Lipinski definition) is 6. The van der Waals surface area contributed by atoms with E-state index in [0.29, 0.717) is 6.61 Å². The lowest BCUT2D eigenvalue weighted by molar-refractivity contribution is 0.318. The molecular formula is C20H23N3O2S2. The average Bonchev–Trinajstić information content (AvgIpc) is 3.01. The Balaban J connectivity index is 1.91. The molecule has 0 spiro atoms. The van der Waals surface area contributed by atoms with E-state index >= 15 is 0 Å². The van der Waals surface area contributed by atoms with E-state index in [4.69, 9.17) is 9.72 Å². The van der Waals surface area contributed by atoms with Gasteiger partial charge in [-0.1, -0.05) is 18.7 Å². The zero-order valence-electron chi connectivity index (χ0n) is 15.8. The van der Waals surface area contributed by atoms with Crippen LogP contribution < -0.4 is 10.3 Å². The second-order valence-corrected chi connectivity index (χ2v) is 8.88. The Morgan fingerprint density at radius 1 is 1.26 bits per heavy atom. The van der Waals surface area contributed by atoms with Crippen LogP contribution in [-0.2, 0) is 13.0 Å². The van der Waals surface area contributed by atoms with Crippen molar-refractivity contribution in [2.75, 3.05) is 26.0 Å². The van der Waals surface area contributed by atoms with Gasteiger partial charge in [-0.15, -0.1) is 11.3 Å². The Kier molecular flexibility index (Phi) is 5.25. The summed E-state index contributed by atoms with van der Waals surface area (Å²) in [4.78, 5) is 22.9. The van der Waals surface area contributed by atoms with Gasteiger partial charge in [-0.2, -0.15) is 0 Å². The van der Waals surface area contributed by atoms with Crippen molar-refractivity contribution in [2.24, 2.45) is 0 Å². The van der Waals surface area contributed by atoms with E-state index in [9.17, 15) is 4.79 Å². The van der Waals surface area contributed by atoms with Gasteiger partial charge in [0.25, 0.3) is 5.56 Å². The third kappa shape index (κ3) is 3.39. The third-order valence-electron chi connectivity index (χ3n) is 4.71. The van der Waals surface area contributed by atoms with Crippen molar-refractivity contribution >= 4 is 33.3 Å². The predicted octanol–water partition coefficient (Wildman–Crippen LogP) is 3.95. The number of likely N-dealkylation sites (N-methyl/N-ethyl adjacent to an activating group) is 1. The number of aromatic nitrogens is 2. The summed E-state index contributed by atoms with van der Waals surface area (Å²) in [6.45, 7) is 6.54. The summed E-state index contributed by atoms with van der Waals surface area (Å²) in [6, 6.07) is 7.69. The highest BCUT2D eigenvalue weighted by Gasteiger charge is 2.24. The molecule has 0 bridgehead atoms. The molecule has 1 aromatic carbocycles. The zero-order valence-corrected chi connectivity index (χ0v) is 17.5. The number of benzene rings is 1. The Morgan fingerprint density at radius 3 is 2.74 bits per heavy atom. The molecule has 0 aliphatic carbocycles. The molecule has 0 saturated heterocycles. The van der Waals surface area contributed by atoms with Crippen molar-refractivity contribution in [1.82, 2.24) is 14.5 Å². The van der Waals surface area contributed by atoms with Crippen LogP contribution in [0.2, 0.25) is 0 Å². The van der Waals surface area contributed by atoms with Gasteiger partial charge in [0.05, 0.1) is 17.7 Å². The summed E-state index contributed by atoms with van der Waals surface area (Å²) in [5.41, 5.74) is 2.07. The number of fused-ring (bicyclic) bond motifs is 3. The minimum absolute atomic E-state index is 0.0437. The van der Waals surface area contributed by atoms with Gasteiger partial charge >= 0.3 is 0 Å². The summed E-state index contributed by atoms with van der Waals surface area (Å²) in [6.07, 6.45) is 0.909. The Labute approximate surface area is 167 Å². The Morgan fingerprint density at radius 2 is 2.04 bits per heavy atom. The van der Waals surface area contributed by atoms with Crippen molar-refractivity contribution in [3.8, 4) is 11.4 Å². The van der Waals surface area contributed by atoms with Gasteiger partial charge in [-0.3, -0.25) is 9.36 Å². The highest BCUT2D eigenvalue weighted by atomic mass is 32.2. The molecule has 0 saturated carbocycles. The molecule has 0 amide bonds. The first-order valence-corrected chi connectivity index (χ1v) is 11.0. The van der Waals surface area contributed by atoms with Gasteiger partial charge in [0, 0.05) is 18.0 Å². The molecule has 0 radical (unpaired) electrons. The van der Waals surface area contributed by atoms with Crippen LogP contribution in [0.5, 0.6) is 5.75 Å². The van der Waals surface area contributed by atoms with E-state index < -0.39 is 0 Å². The van der Waals surface area contributed by atoms with E-state index in [-0.39, 0.29) is 5.56 Å². The zero-order chi connectivity index (χ0) is 19.0. The molecule has 1 aliphatic rings. The smallest absolute Gasteiger partial charge is 0.267 e. The van der Waals surface area contributed by atoms with Gasteiger partial charge in [0.1, 0.15) is 10.6 Å². The first kappa shape index (κ1) is 18.5. The van der Waals surface area contributed by atoms with Crippen LogP contribution in [0, 0.1) is 0 Å². The van der Waals surface area contributed by atoms with Gasteiger partial charge in [0.15, 0.2) is 5.16 Å². The van der Waals surface area contributed by atoms with Crippen LogP contribution in [-0.4, -0.2) is 40.4 Å². The Bertz CT molecular complexity index is 1020. The predicted molar refractivity (Wildman–Crippen MR) is 113 cm³/mol. The van der Waals surface area contributed by atoms with Crippen LogP contribution in [0.25, 0.3) is 15.9 Å². The molecule has 7 heteroatoms. The number of rotatable bonds is 5. The molecule has 1 aliphatic heterocycles. The summed E-state index contributed by atoms with van der Waals surface area (Å²) >= 11 is 3.27. The fourth-order valence-electron chi connectivity index (χ4n) is 3.46. The molecule has 4 rings (SSSR count). The SMILES string of the molecule is CCOc1ccc(-n2c(SCC)nc3sc4c(c3c2=O)CCN(C)C4)cc1. The minimum Gasteiger partial charge on any atom is -0.494 e. The first-order valence-electron chi connectivity index (χ1n) is 9.24. The molecular weight excluding hydrogens is 378 g/mol. The monoisotopic (exact) mass is 401 g/mol. The molecule has 2 aromatic heterocycles. The normalized spacial score (nSPS) is 14.5. The molecule has 0 N–H and O–H groups in total. The summed E-state index contributed by atoms with van der Waals surface area (Å²) in [5, 5.41) is 1.56. The average molecular weight is 402 g/mol. The first-order chi connectivity index (χ1) is 13.1. The number of thioether (sulfide) groups is 1. The van der Waals surface area contributed by atoms with Crippen LogP contribution >= 0.6 is 23.1 Å². The highest BCUT2D eigenvalue weighted by molar-refractivity contribution is 7.99. The standard InChI is InChI=1S/C20H23N3O2S2/c1-4-25-14-8-6-13(7-9-14)23-19(24)17-15-10-11-22(3)12-16(15)27-18(17)21-20(23)26-5-2/h6-9H,4-5,10-12H2,1-3H3. The van der Waals surface area contributed by atoms with Crippen LogP contribution in [0.4, 0.5) is 0 Å². The van der Waals surface area contributed by atoms with Crippen molar-refractivity contribution in [3.05, 3.63) is 45.1 Å². The molecule has 27 heavy (non-hydrogen) atoms. The number of ether oxygens (including phenoxy) is 1. The quantitative estimate of drug-likeness (QED) is 0.479. The molecule has 5 nitrogen and oxygen atoms in total. The van der Waals surface area contributed by atoms with Gasteiger partial charge < -0.3 is 9.64 Å². The second kappa shape index (κ2) is 7.66. The maximum absolute atomic E-state index is 13.5. The van der Waals surface area contributed by atoms with Gasteiger partial charge in [-0.25, -0.2) is 4.98 Å². The lowest BCUT2D eigenvalue weighted by Gasteiger charge is -2.21. The van der Waals surface area contributed by atoms with Crippen molar-refractivity contribution in [1.29, 1.82) is 0 Å². The molecule has 142 valence electrons. The molecule has 0 atom stereocenters. The van der Waals surface area contributed by atoms with Crippen molar-refractivity contribution < 1.29 is 4.74 Å². The van der Waals surface area contributed by atoms with Crippen LogP contribution in [0.15, 0.2) is 34.2 Å². The summed E-state index contributed by atoms with van der Waals surface area (Å²) in [7, 11) is 2.12. The minimum atomic E-state index is 0.0437. The maximum atomic E-state index is 13.5. The topological polar surface area (TPSA) is 47.4 Å². The lowest BCUT2D eigenvalue weighted by Crippen LogP contribution is -2.27. The highest BCUT2D eigenvalue weighted by Crippen LogP contribution is 2.34. The van der Waals surface area contributed by atoms with Crippen molar-refractivity contribution in [2.45, 2.75) is 32.0 Å². The summed E-state index contributed by atoms with van der Waals surface area (Å²) < 4.78 is 7.30. The number of nitrogens with zero attached hydrogens (tertiary/aromatic N) is 3. The lowest BCUT2D eigenvalue weighted by atomic mass is 10.1. The van der Waals surface area contributed by atoms with Gasteiger partial charge in [0.2, 0.25) is 0 Å². The van der Waals surface area contributed by atoms with E-state index in [1.807, 2.05) is 31.2 Å². The second-order valence-electron chi connectivity index (χ2n) is 6.57. The van der Waals surface area contributed by atoms with Crippen LogP contribution in [0.1, 0.15) is 24.3 Å². The van der Waals surface area contributed by atoms with E-state index in [1.165, 1.54) is 10.4 Å². The molecule has 0 unspecified atom stereocenters. The maximum Gasteiger partial charge on any atom is 0.267 e. The van der Waals surface area contributed by atoms with Crippen molar-refractivity contribution in [3.63, 3.8) is 0 Å². The van der Waals surface area contributed by atoms with E-state index in [1.54, 1.807) is 27.7 Å². The van der Waals surface area contributed by atoms with Gasteiger partial charge in [-0.05, 0) is 56.0 Å². The van der Waals surface area contributed by atoms with E-state index in [0.717, 1.165) is 52.1 Å². The van der Waals surface area contributed by atoms with Crippen LogP contribution in [0.3, 0.4) is 0 Å². The number of thiophene rings is 1.